The third-order valence-corrected chi connectivity index (χ3v) is 12.7. The summed E-state index contributed by atoms with van der Waals surface area (Å²) >= 11 is 0. The Balaban J connectivity index is 0.000000195. The van der Waals surface area contributed by atoms with Crippen LogP contribution in [0.25, 0.3) is 22.3 Å². The zero-order valence-corrected chi connectivity index (χ0v) is 41.0. The lowest BCUT2D eigenvalue weighted by atomic mass is 9.94. The maximum Gasteiger partial charge on any atom is 0.414 e. The molecule has 76 heavy (non-hydrogen) atoms. The predicted octanol–water partition coefficient (Wildman–Crippen LogP) is 4.55. The van der Waals surface area contributed by atoms with E-state index < -0.39 is 59.8 Å². The minimum absolute atomic E-state index is 0.0799. The minimum Gasteiger partial charge on any atom is -0.479 e. The van der Waals surface area contributed by atoms with Crippen LogP contribution < -0.4 is 9.80 Å². The number of ether oxygens (including phenoxy) is 4. The van der Waals surface area contributed by atoms with E-state index in [0.29, 0.717) is 70.4 Å². The highest BCUT2D eigenvalue weighted by Gasteiger charge is 2.48. The topological polar surface area (TPSA) is 286 Å². The van der Waals surface area contributed by atoms with Crippen molar-refractivity contribution in [3.8, 4) is 22.3 Å². The highest BCUT2D eigenvalue weighted by Crippen LogP contribution is 2.33. The van der Waals surface area contributed by atoms with Crippen LogP contribution in [-0.4, -0.2) is 168 Å². The molecule has 2 aromatic carbocycles. The Morgan fingerprint density at radius 2 is 1.29 bits per heavy atom. The Labute approximate surface area is 430 Å². The van der Waals surface area contributed by atoms with Gasteiger partial charge in [0.05, 0.1) is 81.7 Å². The molecule has 2 N–H and O–H groups in total. The Morgan fingerprint density at radius 1 is 0.763 bits per heavy atom. The van der Waals surface area contributed by atoms with E-state index in [1.165, 1.54) is 60.3 Å². The van der Waals surface area contributed by atoms with Gasteiger partial charge in [-0.2, -0.15) is 0 Å². The summed E-state index contributed by atoms with van der Waals surface area (Å²) in [6, 6.07) is 15.8. The van der Waals surface area contributed by atoms with E-state index in [9.17, 15) is 28.7 Å². The lowest BCUT2D eigenvalue weighted by molar-refractivity contribution is -0.183. The number of methoxy groups -OCH3 is 1. The fraction of sp³-hybridized carbons (Fsp3) is 0.347. The number of hydrogen-bond acceptors (Lipinski definition) is 19. The molecule has 0 bridgehead atoms. The molecule has 0 saturated carbocycles. The Morgan fingerprint density at radius 3 is 1.72 bits per heavy atom. The summed E-state index contributed by atoms with van der Waals surface area (Å²) in [7, 11) is 2.74. The first-order chi connectivity index (χ1) is 36.7. The molecule has 4 aliphatic rings. The van der Waals surface area contributed by atoms with Gasteiger partial charge < -0.3 is 43.7 Å². The number of aliphatic carboxylic acids is 1. The van der Waals surface area contributed by atoms with Crippen LogP contribution in [0.4, 0.5) is 34.5 Å². The molecule has 0 radical (unpaired) electrons. The zero-order valence-electron chi connectivity index (χ0n) is 41.0. The first kappa shape index (κ1) is 51.9. The van der Waals surface area contributed by atoms with Crippen molar-refractivity contribution in [1.82, 2.24) is 44.9 Å². The molecule has 0 aliphatic carbocycles. The maximum absolute atomic E-state index is 15.2. The van der Waals surface area contributed by atoms with Gasteiger partial charge in [0.25, 0.3) is 0 Å². The summed E-state index contributed by atoms with van der Waals surface area (Å²) in [4.78, 5) is 71.7. The monoisotopic (exact) mass is 1050 g/mol. The lowest BCUT2D eigenvalue weighted by Gasteiger charge is -2.30. The van der Waals surface area contributed by atoms with Crippen LogP contribution in [0.3, 0.4) is 0 Å². The number of carbonyl (C=O) groups excluding carboxylic acids is 3. The number of halogens is 2. The SMILES string of the molecule is COC(=O)N(C)CCOC(C)(C(=O)O)[C@@H]1CC(c2ccc(-c3ccc(N4C[C@H](Cn5ccnn5)OC4=O)cc3F)cn2)=NO1.O=C1O[C@@H](Cn2ccnn2)CN1c1ccc(-c2ccc(C3=NO[C@H](CO)C3)nc2)c(F)c1. The van der Waals surface area contributed by atoms with Crippen LogP contribution in [-0.2, 0) is 46.5 Å². The van der Waals surface area contributed by atoms with Gasteiger partial charge >= 0.3 is 24.2 Å². The number of carboxylic acid groups (broad SMARTS) is 1. The van der Waals surface area contributed by atoms with Crippen LogP contribution in [0.2, 0.25) is 0 Å². The number of oxime groups is 2. The number of nitrogens with zero attached hydrogens (tertiary/aromatic N) is 13. The molecular formula is C49H49F2N13O12. The number of anilines is 2. The van der Waals surface area contributed by atoms with Crippen molar-refractivity contribution in [1.29, 1.82) is 0 Å². The molecule has 5 atom stereocenters. The van der Waals surface area contributed by atoms with Crippen molar-refractivity contribution in [3.05, 3.63) is 121 Å². The van der Waals surface area contributed by atoms with Crippen molar-refractivity contribution in [2.24, 2.45) is 10.3 Å². The summed E-state index contributed by atoms with van der Waals surface area (Å²) in [5.41, 5.74) is 2.77. The van der Waals surface area contributed by atoms with E-state index >= 15 is 4.39 Å². The van der Waals surface area contributed by atoms with Gasteiger partial charge in [-0.1, -0.05) is 32.9 Å². The van der Waals surface area contributed by atoms with E-state index in [1.807, 2.05) is 0 Å². The normalized spacial score (nSPS) is 19.6. The molecule has 3 amide bonds. The van der Waals surface area contributed by atoms with Crippen molar-refractivity contribution in [2.75, 3.05) is 56.8 Å². The molecule has 2 fully saturated rings. The fourth-order valence-corrected chi connectivity index (χ4v) is 8.43. The number of aromatic nitrogens is 8. The molecule has 1 unspecified atom stereocenters. The second kappa shape index (κ2) is 22.6. The zero-order chi connectivity index (χ0) is 53.5. The Kier molecular flexibility index (Phi) is 15.5. The standard InChI is InChI=1S/C28H30FN7O8.C21H19FN6O4/c1-28(25(37)38,42-11-10-34(2)26(39)41-3)24-13-23(32-44-24)22-7-4-17(14-30-22)20-6-5-18(12-21(20)29)36-16-19(43-27(36)40)15-35-9-8-31-33-35;22-18-7-14(28-11-16(31-21(28)30)10-27-6-5-24-26-27)2-3-17(18)13-1-4-19(23-9-13)20-8-15(12-29)32-25-20/h4-9,12,14,19,24H,10-11,13,15-16H2,1-3H3,(H,37,38);1-7,9,15-16,29H,8,10-12H2/t19-,24-,28?;15-,16-/m00/s1. The molecule has 2 saturated heterocycles. The number of hydrogen-bond donors (Lipinski definition) is 2. The van der Waals surface area contributed by atoms with Crippen molar-refractivity contribution < 1.29 is 66.8 Å². The quantitative estimate of drug-likeness (QED) is 0.119. The van der Waals surface area contributed by atoms with Crippen LogP contribution in [0.1, 0.15) is 31.2 Å². The minimum atomic E-state index is -1.76. The number of rotatable bonds is 17. The van der Waals surface area contributed by atoms with Gasteiger partial charge in [-0.25, -0.2) is 37.3 Å². The van der Waals surface area contributed by atoms with Gasteiger partial charge in [0.2, 0.25) is 5.60 Å². The van der Waals surface area contributed by atoms with Gasteiger partial charge in [0.1, 0.15) is 35.3 Å². The number of amides is 3. The number of likely N-dealkylation sites (N-methyl/N-ethyl adjacent to an activating group) is 1. The molecule has 4 aliphatic heterocycles. The number of pyridine rings is 2. The van der Waals surface area contributed by atoms with Crippen LogP contribution in [0, 0.1) is 11.6 Å². The van der Waals surface area contributed by atoms with Crippen molar-refractivity contribution in [3.63, 3.8) is 0 Å². The Bertz CT molecular complexity index is 3110. The summed E-state index contributed by atoms with van der Waals surface area (Å²) in [5.74, 6) is -2.29. The average molecular weight is 1050 g/mol. The second-order valence-corrected chi connectivity index (χ2v) is 17.8. The van der Waals surface area contributed by atoms with Crippen LogP contribution in [0.15, 0.2) is 108 Å². The van der Waals surface area contributed by atoms with E-state index in [0.717, 1.165) is 0 Å². The molecule has 396 valence electrons. The predicted molar refractivity (Wildman–Crippen MR) is 261 cm³/mol. The van der Waals surface area contributed by atoms with Crippen LogP contribution >= 0.6 is 0 Å². The molecule has 27 heteroatoms. The molecule has 4 aromatic heterocycles. The summed E-state index contributed by atoms with van der Waals surface area (Å²) in [5, 5.41) is 42.2. The molecule has 25 nitrogen and oxygen atoms in total. The number of aliphatic hydroxyl groups excluding tert-OH is 1. The molecule has 6 aromatic rings. The van der Waals surface area contributed by atoms with Crippen molar-refractivity contribution >= 4 is 47.0 Å². The third-order valence-electron chi connectivity index (χ3n) is 12.7. The number of carbonyl (C=O) groups is 4. The maximum atomic E-state index is 15.2. The van der Waals surface area contributed by atoms with Gasteiger partial charge in [-0.15, -0.1) is 10.2 Å². The van der Waals surface area contributed by atoms with Gasteiger partial charge in [-0.3, -0.25) is 19.8 Å². The van der Waals surface area contributed by atoms with Crippen molar-refractivity contribution in [2.45, 2.75) is 62.9 Å². The summed E-state index contributed by atoms with van der Waals surface area (Å²) in [6.45, 7) is 2.49. The van der Waals surface area contributed by atoms with E-state index in [-0.39, 0.29) is 50.9 Å². The lowest BCUT2D eigenvalue weighted by Crippen LogP contribution is -2.50. The second-order valence-electron chi connectivity index (χ2n) is 17.8. The third kappa shape index (κ3) is 11.5. The number of carboxylic acids is 1. The average Bonchev–Trinajstić information content (AvgIpc) is 4.32. The number of aliphatic hydroxyl groups is 1. The molecule has 10 rings (SSSR count). The number of benzene rings is 2. The summed E-state index contributed by atoms with van der Waals surface area (Å²) < 4.78 is 54.3. The van der Waals surface area contributed by atoms with Gasteiger partial charge in [-0.05, 0) is 55.5 Å². The van der Waals surface area contributed by atoms with E-state index in [4.69, 9.17) is 29.0 Å². The molecule has 0 spiro atoms. The summed E-state index contributed by atoms with van der Waals surface area (Å²) in [6.07, 6.45) is 6.13. The first-order valence-electron chi connectivity index (χ1n) is 23.6. The highest BCUT2D eigenvalue weighted by atomic mass is 19.1. The molecular weight excluding hydrogens is 1000 g/mol. The largest absolute Gasteiger partial charge is 0.479 e. The molecule has 8 heterocycles. The Hall–Kier alpha value is -8.98. The number of cyclic esters (lactones) is 2. The van der Waals surface area contributed by atoms with Crippen LogP contribution in [0.5, 0.6) is 0 Å². The fourth-order valence-electron chi connectivity index (χ4n) is 8.43. The van der Waals surface area contributed by atoms with Gasteiger partial charge in [0.15, 0.2) is 12.2 Å². The first-order valence-corrected chi connectivity index (χ1v) is 23.6. The van der Waals surface area contributed by atoms with E-state index in [1.54, 1.807) is 82.7 Å². The smallest absolute Gasteiger partial charge is 0.414 e. The van der Waals surface area contributed by atoms with Gasteiger partial charge in [0, 0.05) is 73.5 Å². The highest BCUT2D eigenvalue weighted by molar-refractivity contribution is 6.01. The van der Waals surface area contributed by atoms with E-state index in [2.05, 4.69) is 45.6 Å².